The van der Waals surface area contributed by atoms with Crippen LogP contribution >= 0.6 is 0 Å². The Morgan fingerprint density at radius 1 is 1.38 bits per heavy atom. The molecule has 0 bridgehead atoms. The summed E-state index contributed by atoms with van der Waals surface area (Å²) in [6.45, 7) is 2.05. The molecule has 1 aromatic carbocycles. The van der Waals surface area contributed by atoms with Gasteiger partial charge in [0.1, 0.15) is 0 Å². The van der Waals surface area contributed by atoms with E-state index in [-0.39, 0.29) is 18.7 Å². The van der Waals surface area contributed by atoms with E-state index in [9.17, 15) is 0 Å². The zero-order valence-electron chi connectivity index (χ0n) is 9.80. The van der Waals surface area contributed by atoms with Crippen molar-refractivity contribution in [3.05, 3.63) is 35.9 Å². The van der Waals surface area contributed by atoms with Crippen LogP contribution in [-0.2, 0) is 0 Å². The molecule has 2 atom stereocenters. The molecule has 86 valence electrons. The number of hydrogen-bond acceptors (Lipinski definition) is 3. The maximum atomic E-state index is 9.14. The van der Waals surface area contributed by atoms with E-state index in [1.807, 2.05) is 49.2 Å². The van der Waals surface area contributed by atoms with Crippen LogP contribution in [0, 0.1) is 11.3 Å². The van der Waals surface area contributed by atoms with Crippen LogP contribution in [0.1, 0.15) is 24.9 Å². The molecule has 16 heavy (non-hydrogen) atoms. The van der Waals surface area contributed by atoms with E-state index in [4.69, 9.17) is 10.4 Å². The summed E-state index contributed by atoms with van der Waals surface area (Å²) in [6.07, 6.45) is 0.435. The Balaban J connectivity index is 2.88. The first-order chi connectivity index (χ1) is 7.70. The van der Waals surface area contributed by atoms with E-state index in [2.05, 4.69) is 6.07 Å². The lowest BCUT2D eigenvalue weighted by atomic mass is 10.0. The first kappa shape index (κ1) is 12.7. The molecule has 0 aliphatic rings. The largest absolute Gasteiger partial charge is 0.395 e. The number of aliphatic hydroxyl groups is 1. The van der Waals surface area contributed by atoms with Crippen molar-refractivity contribution in [3.63, 3.8) is 0 Å². The first-order valence-corrected chi connectivity index (χ1v) is 5.45. The minimum Gasteiger partial charge on any atom is -0.395 e. The summed E-state index contributed by atoms with van der Waals surface area (Å²) in [5.41, 5.74) is 1.12. The molecule has 0 spiro atoms. The Morgan fingerprint density at radius 3 is 2.50 bits per heavy atom. The quantitative estimate of drug-likeness (QED) is 0.821. The molecule has 0 amide bonds. The van der Waals surface area contributed by atoms with Crippen LogP contribution in [-0.4, -0.2) is 29.7 Å². The van der Waals surface area contributed by atoms with Crippen LogP contribution in [0.2, 0.25) is 0 Å². The first-order valence-electron chi connectivity index (χ1n) is 5.45. The molecular weight excluding hydrogens is 200 g/mol. The maximum Gasteiger partial charge on any atom is 0.0641 e. The second-order valence-electron chi connectivity index (χ2n) is 3.99. The third kappa shape index (κ3) is 3.06. The molecule has 1 N–H and O–H groups in total. The van der Waals surface area contributed by atoms with Gasteiger partial charge in [-0.2, -0.15) is 5.26 Å². The molecule has 0 saturated heterocycles. The Morgan fingerprint density at radius 2 is 2.00 bits per heavy atom. The van der Waals surface area contributed by atoms with E-state index < -0.39 is 0 Å². The number of nitriles is 1. The normalized spacial score (nSPS) is 14.4. The average molecular weight is 218 g/mol. The van der Waals surface area contributed by atoms with Crippen molar-refractivity contribution in [1.29, 1.82) is 5.26 Å². The standard InChI is InChI=1S/C13H18N2O/c1-11(10-16)15(2)13(8-9-14)12-6-4-3-5-7-12/h3-7,11,13,16H,8,10H2,1-2H3. The van der Waals surface area contributed by atoms with Gasteiger partial charge in [-0.25, -0.2) is 0 Å². The van der Waals surface area contributed by atoms with E-state index in [1.54, 1.807) is 0 Å². The lowest BCUT2D eigenvalue weighted by molar-refractivity contribution is 0.121. The summed E-state index contributed by atoms with van der Waals surface area (Å²) in [6, 6.07) is 12.2. The van der Waals surface area contributed by atoms with Crippen molar-refractivity contribution in [2.75, 3.05) is 13.7 Å². The Labute approximate surface area is 96.9 Å². The lowest BCUT2D eigenvalue weighted by Crippen LogP contribution is -2.35. The lowest BCUT2D eigenvalue weighted by Gasteiger charge is -2.31. The van der Waals surface area contributed by atoms with Crippen molar-refractivity contribution in [3.8, 4) is 6.07 Å². The fourth-order valence-corrected chi connectivity index (χ4v) is 1.69. The number of rotatable bonds is 5. The molecule has 3 heteroatoms. The SMILES string of the molecule is CC(CO)N(C)C(CC#N)c1ccccc1. The highest BCUT2D eigenvalue weighted by molar-refractivity contribution is 5.20. The predicted molar refractivity (Wildman–Crippen MR) is 63.7 cm³/mol. The van der Waals surface area contributed by atoms with Gasteiger partial charge in [0.2, 0.25) is 0 Å². The molecule has 1 aromatic rings. The van der Waals surface area contributed by atoms with Gasteiger partial charge in [-0.15, -0.1) is 0 Å². The zero-order valence-corrected chi connectivity index (χ0v) is 9.80. The van der Waals surface area contributed by atoms with Gasteiger partial charge >= 0.3 is 0 Å². The minimum absolute atomic E-state index is 0.0494. The van der Waals surface area contributed by atoms with E-state index >= 15 is 0 Å². The summed E-state index contributed by atoms with van der Waals surface area (Å²) in [4.78, 5) is 2.04. The molecule has 0 heterocycles. The molecular formula is C13H18N2O. The number of hydrogen-bond donors (Lipinski definition) is 1. The van der Waals surface area contributed by atoms with Gasteiger partial charge in [0.05, 0.1) is 19.1 Å². The number of aliphatic hydroxyl groups excluding tert-OH is 1. The van der Waals surface area contributed by atoms with Crippen LogP contribution in [0.25, 0.3) is 0 Å². The van der Waals surface area contributed by atoms with Crippen LogP contribution in [0.4, 0.5) is 0 Å². The molecule has 1 rings (SSSR count). The van der Waals surface area contributed by atoms with Gasteiger partial charge in [0, 0.05) is 12.1 Å². The topological polar surface area (TPSA) is 47.3 Å². The highest BCUT2D eigenvalue weighted by atomic mass is 16.3. The van der Waals surface area contributed by atoms with Crippen molar-refractivity contribution in [2.24, 2.45) is 0 Å². The molecule has 3 nitrogen and oxygen atoms in total. The number of benzene rings is 1. The van der Waals surface area contributed by atoms with Crippen molar-refractivity contribution < 1.29 is 5.11 Å². The predicted octanol–water partition coefficient (Wildman–Crippen LogP) is 1.95. The molecule has 0 fully saturated rings. The summed E-state index contributed by atoms with van der Waals surface area (Å²) in [5.74, 6) is 0. The summed E-state index contributed by atoms with van der Waals surface area (Å²) < 4.78 is 0. The van der Waals surface area contributed by atoms with E-state index in [0.717, 1.165) is 5.56 Å². The van der Waals surface area contributed by atoms with Crippen LogP contribution in [0.15, 0.2) is 30.3 Å². The molecule has 0 saturated carbocycles. The van der Waals surface area contributed by atoms with Gasteiger partial charge in [0.15, 0.2) is 0 Å². The summed E-state index contributed by atoms with van der Waals surface area (Å²) in [7, 11) is 1.94. The monoisotopic (exact) mass is 218 g/mol. The minimum atomic E-state index is 0.0494. The summed E-state index contributed by atoms with van der Waals surface area (Å²) >= 11 is 0. The second-order valence-corrected chi connectivity index (χ2v) is 3.99. The smallest absolute Gasteiger partial charge is 0.0641 e. The van der Waals surface area contributed by atoms with Crippen LogP contribution in [0.5, 0.6) is 0 Å². The van der Waals surface area contributed by atoms with E-state index in [0.29, 0.717) is 6.42 Å². The Bertz CT molecular complexity index is 345. The fraction of sp³-hybridized carbons (Fsp3) is 0.462. The molecule has 0 aliphatic carbocycles. The Hall–Kier alpha value is -1.37. The Kier molecular flexibility index (Phi) is 4.97. The molecule has 2 unspecified atom stereocenters. The molecule has 0 aliphatic heterocycles. The number of likely N-dealkylation sites (N-methyl/N-ethyl adjacent to an activating group) is 1. The zero-order chi connectivity index (χ0) is 12.0. The second kappa shape index (κ2) is 6.26. The van der Waals surface area contributed by atoms with Gasteiger partial charge in [-0.05, 0) is 19.5 Å². The van der Waals surface area contributed by atoms with Gasteiger partial charge < -0.3 is 5.11 Å². The van der Waals surface area contributed by atoms with Gasteiger partial charge in [0.25, 0.3) is 0 Å². The van der Waals surface area contributed by atoms with E-state index in [1.165, 1.54) is 0 Å². The maximum absolute atomic E-state index is 9.14. The molecule has 0 aromatic heterocycles. The van der Waals surface area contributed by atoms with Gasteiger partial charge in [-0.3, -0.25) is 4.90 Å². The number of nitrogens with zero attached hydrogens (tertiary/aromatic N) is 2. The van der Waals surface area contributed by atoms with Crippen LogP contribution in [0.3, 0.4) is 0 Å². The fourth-order valence-electron chi connectivity index (χ4n) is 1.69. The van der Waals surface area contributed by atoms with Crippen molar-refractivity contribution in [2.45, 2.75) is 25.4 Å². The van der Waals surface area contributed by atoms with Crippen molar-refractivity contribution >= 4 is 0 Å². The third-order valence-corrected chi connectivity index (χ3v) is 2.92. The van der Waals surface area contributed by atoms with Crippen LogP contribution < -0.4 is 0 Å². The molecule has 0 radical (unpaired) electrons. The highest BCUT2D eigenvalue weighted by Gasteiger charge is 2.20. The average Bonchev–Trinajstić information content (AvgIpc) is 2.35. The van der Waals surface area contributed by atoms with Gasteiger partial charge in [-0.1, -0.05) is 30.3 Å². The summed E-state index contributed by atoms with van der Waals surface area (Å²) in [5, 5.41) is 18.0. The highest BCUT2D eigenvalue weighted by Crippen LogP contribution is 2.24. The third-order valence-electron chi connectivity index (χ3n) is 2.92. The van der Waals surface area contributed by atoms with Crippen molar-refractivity contribution in [1.82, 2.24) is 4.90 Å².